The van der Waals surface area contributed by atoms with Crippen LogP contribution >= 0.6 is 0 Å². The van der Waals surface area contributed by atoms with Crippen molar-refractivity contribution in [2.75, 3.05) is 13.2 Å². The average molecular weight is 448 g/mol. The second-order valence-corrected chi connectivity index (χ2v) is 7.23. The molecule has 0 atom stereocenters. The SMILES string of the molecule is CCOC(=O)c1cc(=O)c2cc(Cc3ccc4oc(C(=O)OCC)cc(=O)c4c3)ccc2o1. The molecule has 0 N–H and O–H groups in total. The van der Waals surface area contributed by atoms with Crippen molar-refractivity contribution in [1.29, 1.82) is 0 Å². The second kappa shape index (κ2) is 9.12. The Morgan fingerprint density at radius 3 is 1.52 bits per heavy atom. The van der Waals surface area contributed by atoms with Gasteiger partial charge >= 0.3 is 11.9 Å². The van der Waals surface area contributed by atoms with Crippen molar-refractivity contribution in [3.05, 3.63) is 91.6 Å². The Labute approximate surface area is 187 Å². The first kappa shape index (κ1) is 22.0. The zero-order valence-electron chi connectivity index (χ0n) is 18.0. The van der Waals surface area contributed by atoms with E-state index in [0.717, 1.165) is 23.3 Å². The van der Waals surface area contributed by atoms with E-state index in [4.69, 9.17) is 18.3 Å². The maximum atomic E-state index is 12.5. The minimum atomic E-state index is -0.693. The zero-order valence-corrected chi connectivity index (χ0v) is 18.0. The quantitative estimate of drug-likeness (QED) is 0.409. The smallest absolute Gasteiger partial charge is 0.374 e. The molecular weight excluding hydrogens is 428 g/mol. The predicted octanol–water partition coefficient (Wildman–Crippen LogP) is 3.84. The van der Waals surface area contributed by atoms with Gasteiger partial charge in [-0.1, -0.05) is 12.1 Å². The van der Waals surface area contributed by atoms with Crippen LogP contribution in [0.5, 0.6) is 0 Å². The molecule has 2 heterocycles. The number of hydrogen-bond acceptors (Lipinski definition) is 8. The van der Waals surface area contributed by atoms with Crippen molar-refractivity contribution in [2.24, 2.45) is 0 Å². The topological polar surface area (TPSA) is 113 Å². The summed E-state index contributed by atoms with van der Waals surface area (Å²) in [7, 11) is 0. The van der Waals surface area contributed by atoms with Gasteiger partial charge in [-0.15, -0.1) is 0 Å². The van der Waals surface area contributed by atoms with Crippen molar-refractivity contribution >= 4 is 33.9 Å². The summed E-state index contributed by atoms with van der Waals surface area (Å²) in [6, 6.07) is 12.4. The largest absolute Gasteiger partial charge is 0.460 e. The maximum Gasteiger partial charge on any atom is 0.374 e. The molecule has 0 aliphatic rings. The Morgan fingerprint density at radius 2 is 1.12 bits per heavy atom. The maximum absolute atomic E-state index is 12.5. The summed E-state index contributed by atoms with van der Waals surface area (Å²) in [5.41, 5.74) is 1.47. The molecule has 0 spiro atoms. The van der Waals surface area contributed by atoms with Crippen LogP contribution in [0.1, 0.15) is 46.1 Å². The molecule has 0 saturated heterocycles. The highest BCUT2D eigenvalue weighted by Gasteiger charge is 2.15. The van der Waals surface area contributed by atoms with E-state index in [-0.39, 0.29) is 46.8 Å². The summed E-state index contributed by atoms with van der Waals surface area (Å²) < 4.78 is 20.8. The fourth-order valence-corrected chi connectivity index (χ4v) is 3.47. The number of hydrogen-bond donors (Lipinski definition) is 0. The second-order valence-electron chi connectivity index (χ2n) is 7.23. The molecule has 0 unspecified atom stereocenters. The molecule has 0 bridgehead atoms. The van der Waals surface area contributed by atoms with Gasteiger partial charge in [0.05, 0.1) is 24.0 Å². The molecule has 8 heteroatoms. The molecule has 2 aromatic heterocycles. The summed E-state index contributed by atoms with van der Waals surface area (Å²) in [6.45, 7) is 3.68. The molecule has 0 amide bonds. The van der Waals surface area contributed by atoms with Crippen LogP contribution in [0.4, 0.5) is 0 Å². The van der Waals surface area contributed by atoms with E-state index < -0.39 is 11.9 Å². The molecule has 0 fully saturated rings. The Balaban J connectivity index is 1.65. The van der Waals surface area contributed by atoms with Crippen molar-refractivity contribution in [1.82, 2.24) is 0 Å². The highest BCUT2D eigenvalue weighted by molar-refractivity contribution is 5.90. The lowest BCUT2D eigenvalue weighted by Gasteiger charge is -2.07. The number of fused-ring (bicyclic) bond motifs is 2. The first-order valence-corrected chi connectivity index (χ1v) is 10.4. The minimum Gasteiger partial charge on any atom is -0.460 e. The molecule has 4 aromatic rings. The van der Waals surface area contributed by atoms with Crippen molar-refractivity contribution < 1.29 is 27.9 Å². The van der Waals surface area contributed by atoms with Crippen LogP contribution in [0.2, 0.25) is 0 Å². The van der Waals surface area contributed by atoms with Crippen LogP contribution in [0, 0.1) is 0 Å². The normalized spacial score (nSPS) is 11.0. The third kappa shape index (κ3) is 4.55. The lowest BCUT2D eigenvalue weighted by atomic mass is 10.0. The van der Waals surface area contributed by atoms with Gasteiger partial charge in [0.15, 0.2) is 10.9 Å². The van der Waals surface area contributed by atoms with Gasteiger partial charge in [-0.05, 0) is 55.7 Å². The van der Waals surface area contributed by atoms with E-state index in [1.54, 1.807) is 50.2 Å². The predicted molar refractivity (Wildman–Crippen MR) is 120 cm³/mol. The van der Waals surface area contributed by atoms with Crippen molar-refractivity contribution in [3.63, 3.8) is 0 Å². The van der Waals surface area contributed by atoms with Crippen LogP contribution in [0.3, 0.4) is 0 Å². The lowest BCUT2D eigenvalue weighted by Crippen LogP contribution is -2.10. The van der Waals surface area contributed by atoms with Gasteiger partial charge in [0.2, 0.25) is 11.5 Å². The first-order chi connectivity index (χ1) is 15.9. The number of ether oxygens (including phenoxy) is 2. The number of benzene rings is 2. The van der Waals surface area contributed by atoms with Crippen LogP contribution in [-0.2, 0) is 15.9 Å². The fourth-order valence-electron chi connectivity index (χ4n) is 3.47. The molecule has 8 nitrogen and oxygen atoms in total. The monoisotopic (exact) mass is 448 g/mol. The van der Waals surface area contributed by atoms with Gasteiger partial charge in [0, 0.05) is 12.1 Å². The van der Waals surface area contributed by atoms with Gasteiger partial charge < -0.3 is 18.3 Å². The molecule has 4 rings (SSSR count). The van der Waals surface area contributed by atoms with Gasteiger partial charge in [-0.2, -0.15) is 0 Å². The van der Waals surface area contributed by atoms with E-state index in [1.807, 2.05) is 0 Å². The average Bonchev–Trinajstić information content (AvgIpc) is 2.80. The summed E-state index contributed by atoms with van der Waals surface area (Å²) in [5.74, 6) is -1.68. The third-order valence-corrected chi connectivity index (χ3v) is 4.94. The third-order valence-electron chi connectivity index (χ3n) is 4.94. The number of carbonyl (C=O) groups excluding carboxylic acids is 2. The van der Waals surface area contributed by atoms with Crippen LogP contribution in [0.15, 0.2) is 67.0 Å². The molecule has 33 heavy (non-hydrogen) atoms. The van der Waals surface area contributed by atoms with E-state index >= 15 is 0 Å². The van der Waals surface area contributed by atoms with E-state index in [1.165, 1.54) is 0 Å². The standard InChI is InChI=1S/C25H20O8/c1-3-30-24(28)22-12-18(26)16-10-14(5-7-20(16)32-22)9-15-6-8-21-17(11-15)19(27)13-23(33-21)25(29)31-4-2/h5-8,10-13H,3-4,9H2,1-2H3. The van der Waals surface area contributed by atoms with Crippen LogP contribution in [-0.4, -0.2) is 25.2 Å². The summed E-state index contributed by atoms with van der Waals surface area (Å²) in [5, 5.41) is 0.667. The molecular formula is C25H20O8. The number of carbonyl (C=O) groups is 2. The molecule has 0 radical (unpaired) electrons. The molecule has 0 saturated carbocycles. The van der Waals surface area contributed by atoms with Gasteiger partial charge in [-0.25, -0.2) is 9.59 Å². The first-order valence-electron chi connectivity index (χ1n) is 10.4. The van der Waals surface area contributed by atoms with Crippen molar-refractivity contribution in [3.8, 4) is 0 Å². The van der Waals surface area contributed by atoms with Gasteiger partial charge in [0.1, 0.15) is 11.2 Å². The van der Waals surface area contributed by atoms with Gasteiger partial charge in [0.25, 0.3) is 0 Å². The Hall–Kier alpha value is -4.20. The Morgan fingerprint density at radius 1 is 0.697 bits per heavy atom. The summed E-state index contributed by atoms with van der Waals surface area (Å²) in [6.07, 6.45) is 0.435. The summed E-state index contributed by atoms with van der Waals surface area (Å²) in [4.78, 5) is 48.7. The molecule has 0 aliphatic carbocycles. The van der Waals surface area contributed by atoms with Crippen molar-refractivity contribution in [2.45, 2.75) is 20.3 Å². The molecule has 0 aliphatic heterocycles. The van der Waals surface area contributed by atoms with Gasteiger partial charge in [-0.3, -0.25) is 9.59 Å². The summed E-state index contributed by atoms with van der Waals surface area (Å²) >= 11 is 0. The minimum absolute atomic E-state index is 0.148. The van der Waals surface area contributed by atoms with Crippen LogP contribution in [0.25, 0.3) is 21.9 Å². The zero-order chi connectivity index (χ0) is 23.5. The molecule has 168 valence electrons. The van der Waals surface area contributed by atoms with E-state index in [0.29, 0.717) is 17.2 Å². The Kier molecular flexibility index (Phi) is 6.08. The number of esters is 2. The lowest BCUT2D eigenvalue weighted by molar-refractivity contribution is 0.0482. The highest BCUT2D eigenvalue weighted by Crippen LogP contribution is 2.20. The van der Waals surface area contributed by atoms with E-state index in [9.17, 15) is 19.2 Å². The highest BCUT2D eigenvalue weighted by atomic mass is 16.5. The number of rotatable bonds is 6. The Bertz CT molecular complexity index is 1380. The fraction of sp³-hybridized carbons (Fsp3) is 0.200. The van der Waals surface area contributed by atoms with Crippen LogP contribution < -0.4 is 10.9 Å². The molecule has 2 aromatic carbocycles. The van der Waals surface area contributed by atoms with E-state index in [2.05, 4.69) is 0 Å².